The average Bonchev–Trinajstić information content (AvgIpc) is 2.51. The van der Waals surface area contributed by atoms with Crippen LogP contribution in [0.25, 0.3) is 0 Å². The highest BCUT2D eigenvalue weighted by molar-refractivity contribution is 6.00. The van der Waals surface area contributed by atoms with Crippen LogP contribution < -0.4 is 14.8 Å². The normalized spacial score (nSPS) is 11.0. The molecule has 0 saturated carbocycles. The van der Waals surface area contributed by atoms with Gasteiger partial charge in [-0.05, 0) is 12.1 Å². The molecular weight excluding hydrogens is 350 g/mol. The topological polar surface area (TPSA) is 145 Å². The van der Waals surface area contributed by atoms with Gasteiger partial charge in [-0.1, -0.05) is 6.07 Å². The molecule has 10 nitrogen and oxygen atoms in total. The van der Waals surface area contributed by atoms with Gasteiger partial charge in [0.25, 0.3) is 5.91 Å². The molecule has 0 aliphatic carbocycles. The predicted octanol–water partition coefficient (Wildman–Crippen LogP) is 0.283. The third kappa shape index (κ3) is 6.23. The molecule has 1 aromatic rings. The van der Waals surface area contributed by atoms with Crippen LogP contribution in [0.3, 0.4) is 0 Å². The first-order valence-corrected chi connectivity index (χ1v) is 7.28. The van der Waals surface area contributed by atoms with Crippen molar-refractivity contribution in [1.29, 1.82) is 0 Å². The highest BCUT2D eigenvalue weighted by Gasteiger charge is 2.26. The van der Waals surface area contributed by atoms with Crippen LogP contribution in [-0.4, -0.2) is 47.5 Å². The van der Waals surface area contributed by atoms with Crippen molar-refractivity contribution in [2.24, 2.45) is 0 Å². The van der Waals surface area contributed by atoms with E-state index >= 15 is 0 Å². The number of carbonyl (C=O) groups is 5. The molecule has 1 atom stereocenters. The summed E-state index contributed by atoms with van der Waals surface area (Å²) in [7, 11) is 0. The Morgan fingerprint density at radius 2 is 1.62 bits per heavy atom. The minimum atomic E-state index is -1.53. The third-order valence-electron chi connectivity index (χ3n) is 2.78. The smallest absolute Gasteiger partial charge is 0.329 e. The molecule has 0 heterocycles. The lowest BCUT2D eigenvalue weighted by molar-refractivity contribution is -0.147. The number of benzene rings is 1. The van der Waals surface area contributed by atoms with Gasteiger partial charge >= 0.3 is 23.9 Å². The van der Waals surface area contributed by atoms with Crippen LogP contribution >= 0.6 is 0 Å². The molecule has 1 rings (SSSR count). The van der Waals surface area contributed by atoms with E-state index in [9.17, 15) is 24.0 Å². The summed E-state index contributed by atoms with van der Waals surface area (Å²) in [5, 5.41) is 11.2. The van der Waals surface area contributed by atoms with Gasteiger partial charge in [-0.25, -0.2) is 4.79 Å². The van der Waals surface area contributed by atoms with E-state index in [4.69, 9.17) is 14.6 Å². The number of carbonyl (C=O) groups excluding carboxylic acids is 4. The number of nitrogens with one attached hydrogen (secondary N) is 1. The standard InChI is InChI=1S/C16H17NO9/c1-8(18)24-7-12(16(22)23)17-15(21)11-5-4-6-13(25-9(2)19)14(11)26-10(3)20/h4-6,12H,7H2,1-3H3,(H,17,21)(H,22,23). The number of para-hydroxylation sites is 1. The van der Waals surface area contributed by atoms with Crippen molar-refractivity contribution in [3.63, 3.8) is 0 Å². The first-order chi connectivity index (χ1) is 12.1. The van der Waals surface area contributed by atoms with Crippen LogP contribution in [-0.2, 0) is 23.9 Å². The first-order valence-electron chi connectivity index (χ1n) is 7.28. The number of carboxylic acids is 1. The van der Waals surface area contributed by atoms with E-state index in [-0.39, 0.29) is 17.1 Å². The molecule has 1 amide bonds. The lowest BCUT2D eigenvalue weighted by Gasteiger charge is -2.16. The number of ether oxygens (including phenoxy) is 3. The maximum absolute atomic E-state index is 12.4. The fourth-order valence-corrected chi connectivity index (χ4v) is 1.79. The van der Waals surface area contributed by atoms with E-state index in [1.165, 1.54) is 18.2 Å². The molecule has 26 heavy (non-hydrogen) atoms. The fraction of sp³-hybridized carbons (Fsp3) is 0.312. The van der Waals surface area contributed by atoms with Crippen LogP contribution in [0.4, 0.5) is 0 Å². The fourth-order valence-electron chi connectivity index (χ4n) is 1.79. The zero-order valence-corrected chi connectivity index (χ0v) is 14.2. The van der Waals surface area contributed by atoms with Crippen LogP contribution in [0.2, 0.25) is 0 Å². The van der Waals surface area contributed by atoms with Gasteiger partial charge in [-0.15, -0.1) is 0 Å². The molecule has 140 valence electrons. The number of amides is 1. The number of rotatable bonds is 7. The number of hydrogen-bond donors (Lipinski definition) is 2. The monoisotopic (exact) mass is 367 g/mol. The lowest BCUT2D eigenvalue weighted by Crippen LogP contribution is -2.44. The molecule has 0 aromatic heterocycles. The Morgan fingerprint density at radius 3 is 2.12 bits per heavy atom. The molecule has 0 radical (unpaired) electrons. The molecule has 0 bridgehead atoms. The minimum Gasteiger partial charge on any atom is -0.480 e. The summed E-state index contributed by atoms with van der Waals surface area (Å²) in [4.78, 5) is 56.9. The van der Waals surface area contributed by atoms with Crippen molar-refractivity contribution in [3.05, 3.63) is 23.8 Å². The zero-order valence-electron chi connectivity index (χ0n) is 14.2. The molecule has 10 heteroatoms. The van der Waals surface area contributed by atoms with Gasteiger partial charge in [0, 0.05) is 20.8 Å². The zero-order chi connectivity index (χ0) is 19.9. The maximum Gasteiger partial charge on any atom is 0.329 e. The van der Waals surface area contributed by atoms with Gasteiger partial charge in [0.05, 0.1) is 5.56 Å². The van der Waals surface area contributed by atoms with E-state index in [2.05, 4.69) is 10.1 Å². The van der Waals surface area contributed by atoms with Crippen molar-refractivity contribution in [2.75, 3.05) is 6.61 Å². The number of aliphatic carboxylic acids is 1. The highest BCUT2D eigenvalue weighted by Crippen LogP contribution is 2.31. The Bertz CT molecular complexity index is 741. The molecule has 0 spiro atoms. The number of esters is 3. The van der Waals surface area contributed by atoms with Crippen molar-refractivity contribution in [3.8, 4) is 11.5 Å². The van der Waals surface area contributed by atoms with Gasteiger partial charge in [0.1, 0.15) is 6.61 Å². The Morgan fingerprint density at radius 1 is 1.00 bits per heavy atom. The van der Waals surface area contributed by atoms with Crippen molar-refractivity contribution in [1.82, 2.24) is 5.32 Å². The summed E-state index contributed by atoms with van der Waals surface area (Å²) in [6.07, 6.45) is 0. The van der Waals surface area contributed by atoms with E-state index in [0.717, 1.165) is 20.8 Å². The van der Waals surface area contributed by atoms with Crippen LogP contribution in [0.5, 0.6) is 11.5 Å². The third-order valence-corrected chi connectivity index (χ3v) is 2.78. The Kier molecular flexibility index (Phi) is 7.26. The molecule has 1 aromatic carbocycles. The Balaban J connectivity index is 3.16. The summed E-state index contributed by atoms with van der Waals surface area (Å²) < 4.78 is 14.4. The van der Waals surface area contributed by atoms with Gasteiger partial charge in [0.2, 0.25) is 0 Å². The highest BCUT2D eigenvalue weighted by atomic mass is 16.6. The van der Waals surface area contributed by atoms with Crippen molar-refractivity contribution < 1.29 is 43.3 Å². The van der Waals surface area contributed by atoms with Gasteiger partial charge in [-0.2, -0.15) is 0 Å². The summed E-state index contributed by atoms with van der Waals surface area (Å²) in [5.74, 6) is -5.12. The van der Waals surface area contributed by atoms with Gasteiger partial charge in [0.15, 0.2) is 17.5 Å². The second-order valence-corrected chi connectivity index (χ2v) is 4.99. The van der Waals surface area contributed by atoms with Crippen molar-refractivity contribution in [2.45, 2.75) is 26.8 Å². The summed E-state index contributed by atoms with van der Waals surface area (Å²) in [6, 6.07) is 2.35. The molecule has 0 saturated heterocycles. The van der Waals surface area contributed by atoms with E-state index < -0.39 is 42.4 Å². The van der Waals surface area contributed by atoms with E-state index in [1.807, 2.05) is 0 Å². The number of carboxylic acid groups (broad SMARTS) is 1. The van der Waals surface area contributed by atoms with E-state index in [1.54, 1.807) is 0 Å². The van der Waals surface area contributed by atoms with E-state index in [0.29, 0.717) is 0 Å². The Hall–Kier alpha value is -3.43. The molecule has 0 aliphatic heterocycles. The van der Waals surface area contributed by atoms with Gasteiger partial charge < -0.3 is 24.6 Å². The van der Waals surface area contributed by atoms with Crippen LogP contribution in [0.1, 0.15) is 31.1 Å². The van der Waals surface area contributed by atoms with Crippen LogP contribution in [0.15, 0.2) is 18.2 Å². The van der Waals surface area contributed by atoms with Crippen molar-refractivity contribution >= 4 is 29.8 Å². The summed E-state index contributed by atoms with van der Waals surface area (Å²) >= 11 is 0. The SMILES string of the molecule is CC(=O)OCC(NC(=O)c1cccc(OC(C)=O)c1OC(C)=O)C(=O)O. The predicted molar refractivity (Wildman–Crippen MR) is 84.6 cm³/mol. The average molecular weight is 367 g/mol. The second kappa shape index (κ2) is 9.16. The second-order valence-electron chi connectivity index (χ2n) is 4.99. The molecular formula is C16H17NO9. The molecule has 0 fully saturated rings. The largest absolute Gasteiger partial charge is 0.480 e. The summed E-state index contributed by atoms with van der Waals surface area (Å²) in [5.41, 5.74) is -0.243. The quantitative estimate of drug-likeness (QED) is 0.512. The Labute approximate surface area is 148 Å². The molecule has 0 aliphatic rings. The van der Waals surface area contributed by atoms with Gasteiger partial charge in [-0.3, -0.25) is 19.2 Å². The minimum absolute atomic E-state index is 0.188. The molecule has 1 unspecified atom stereocenters. The maximum atomic E-state index is 12.4. The van der Waals surface area contributed by atoms with Crippen LogP contribution in [0, 0.1) is 0 Å². The lowest BCUT2D eigenvalue weighted by atomic mass is 10.1. The molecule has 2 N–H and O–H groups in total. The summed E-state index contributed by atoms with van der Waals surface area (Å²) in [6.45, 7) is 2.68. The number of hydrogen-bond acceptors (Lipinski definition) is 8. The first kappa shape index (κ1) is 20.6.